The summed E-state index contributed by atoms with van der Waals surface area (Å²) in [6, 6.07) is 1.59. The van der Waals surface area contributed by atoms with Gasteiger partial charge in [-0.25, -0.2) is 9.97 Å². The van der Waals surface area contributed by atoms with Crippen LogP contribution in [0, 0.1) is 0 Å². The molecule has 1 saturated heterocycles. The highest BCUT2D eigenvalue weighted by Gasteiger charge is 2.32. The van der Waals surface area contributed by atoms with Crippen molar-refractivity contribution in [2.75, 3.05) is 13.1 Å². The molecule has 1 aliphatic heterocycles. The Morgan fingerprint density at radius 3 is 2.91 bits per heavy atom. The molecule has 2 aromatic heterocycles. The Labute approximate surface area is 134 Å². The van der Waals surface area contributed by atoms with Crippen LogP contribution in [0.4, 0.5) is 0 Å². The minimum Gasteiger partial charge on any atom is -0.353 e. The van der Waals surface area contributed by atoms with Gasteiger partial charge in [0.25, 0.3) is 5.91 Å². The number of pyridine rings is 1. The number of hydrogen-bond donors (Lipinski definition) is 1. The van der Waals surface area contributed by atoms with Gasteiger partial charge in [0.2, 0.25) is 5.91 Å². The fraction of sp³-hybridized carbons (Fsp3) is 0.500. The van der Waals surface area contributed by atoms with Gasteiger partial charge in [0.1, 0.15) is 11.6 Å². The predicted octanol–water partition coefficient (Wildman–Crippen LogP) is 1.36. The van der Waals surface area contributed by atoms with Crippen molar-refractivity contribution in [3.8, 4) is 0 Å². The van der Waals surface area contributed by atoms with Gasteiger partial charge in [-0.05, 0) is 26.3 Å². The Hall–Kier alpha value is -2.44. The zero-order valence-electron chi connectivity index (χ0n) is 13.6. The van der Waals surface area contributed by atoms with Crippen LogP contribution in [0.15, 0.2) is 18.6 Å². The van der Waals surface area contributed by atoms with Gasteiger partial charge in [0, 0.05) is 25.3 Å². The number of nitrogens with zero attached hydrogens (tertiary/aromatic N) is 4. The average Bonchev–Trinajstić information content (AvgIpc) is 2.97. The molecule has 0 saturated carbocycles. The van der Waals surface area contributed by atoms with E-state index in [4.69, 9.17) is 0 Å². The van der Waals surface area contributed by atoms with Gasteiger partial charge in [-0.2, -0.15) is 0 Å². The van der Waals surface area contributed by atoms with Crippen molar-refractivity contribution < 1.29 is 9.59 Å². The summed E-state index contributed by atoms with van der Waals surface area (Å²) in [6.07, 6.45) is 3.90. The van der Waals surface area contributed by atoms with E-state index in [0.29, 0.717) is 30.6 Å². The van der Waals surface area contributed by atoms with Crippen molar-refractivity contribution in [1.82, 2.24) is 24.8 Å². The van der Waals surface area contributed by atoms with E-state index in [0.717, 1.165) is 5.65 Å². The normalized spacial score (nSPS) is 18.5. The number of carbonyl (C=O) groups is 2. The fourth-order valence-corrected chi connectivity index (χ4v) is 2.94. The molecule has 1 N–H and O–H groups in total. The summed E-state index contributed by atoms with van der Waals surface area (Å²) < 4.78 is 1.97. The Morgan fingerprint density at radius 2 is 2.22 bits per heavy atom. The van der Waals surface area contributed by atoms with E-state index in [9.17, 15) is 9.59 Å². The molecule has 0 radical (unpaired) electrons. The van der Waals surface area contributed by atoms with Gasteiger partial charge >= 0.3 is 0 Å². The molecule has 2 aromatic rings. The maximum atomic E-state index is 12.8. The lowest BCUT2D eigenvalue weighted by molar-refractivity contribution is -0.127. The van der Waals surface area contributed by atoms with Crippen LogP contribution in [0.25, 0.3) is 11.2 Å². The van der Waals surface area contributed by atoms with E-state index >= 15 is 0 Å². The summed E-state index contributed by atoms with van der Waals surface area (Å²) in [6.45, 7) is 7.02. The SMILES string of the molecule is CCC1C(=O)NCCN1C(=O)c1cnc2c(c1)ncn2C(C)C. The van der Waals surface area contributed by atoms with Crippen molar-refractivity contribution in [3.05, 3.63) is 24.2 Å². The molecule has 1 unspecified atom stereocenters. The topological polar surface area (TPSA) is 80.1 Å². The minimum atomic E-state index is -0.417. The molecule has 23 heavy (non-hydrogen) atoms. The van der Waals surface area contributed by atoms with E-state index in [1.165, 1.54) is 0 Å². The van der Waals surface area contributed by atoms with E-state index in [1.54, 1.807) is 23.5 Å². The first-order valence-electron chi connectivity index (χ1n) is 7.94. The van der Waals surface area contributed by atoms with Crippen molar-refractivity contribution in [1.29, 1.82) is 0 Å². The molecule has 122 valence electrons. The molecule has 1 atom stereocenters. The summed E-state index contributed by atoms with van der Waals surface area (Å²) >= 11 is 0. The molecule has 7 nitrogen and oxygen atoms in total. The zero-order chi connectivity index (χ0) is 16.6. The largest absolute Gasteiger partial charge is 0.353 e. The summed E-state index contributed by atoms with van der Waals surface area (Å²) in [4.78, 5) is 35.1. The lowest BCUT2D eigenvalue weighted by atomic mass is 10.1. The molecule has 0 bridgehead atoms. The van der Waals surface area contributed by atoms with Gasteiger partial charge < -0.3 is 14.8 Å². The highest BCUT2D eigenvalue weighted by atomic mass is 16.2. The second-order valence-corrected chi connectivity index (χ2v) is 6.03. The molecule has 0 spiro atoms. The number of hydrogen-bond acceptors (Lipinski definition) is 4. The van der Waals surface area contributed by atoms with Crippen LogP contribution in [0.5, 0.6) is 0 Å². The number of aromatic nitrogens is 3. The average molecular weight is 315 g/mol. The molecule has 1 aliphatic rings. The Kier molecular flexibility index (Phi) is 4.02. The molecule has 0 aromatic carbocycles. The number of nitrogens with one attached hydrogen (secondary N) is 1. The van der Waals surface area contributed by atoms with Crippen LogP contribution in [0.1, 0.15) is 43.6 Å². The quantitative estimate of drug-likeness (QED) is 0.927. The maximum Gasteiger partial charge on any atom is 0.256 e. The van der Waals surface area contributed by atoms with E-state index < -0.39 is 6.04 Å². The number of fused-ring (bicyclic) bond motifs is 1. The minimum absolute atomic E-state index is 0.0924. The molecule has 2 amide bonds. The maximum absolute atomic E-state index is 12.8. The zero-order valence-corrected chi connectivity index (χ0v) is 13.6. The van der Waals surface area contributed by atoms with E-state index in [-0.39, 0.29) is 17.9 Å². The van der Waals surface area contributed by atoms with Gasteiger partial charge in [-0.3, -0.25) is 9.59 Å². The lowest BCUT2D eigenvalue weighted by Gasteiger charge is -2.34. The third-order valence-corrected chi connectivity index (χ3v) is 4.19. The first kappa shape index (κ1) is 15.5. The number of amides is 2. The molecular weight excluding hydrogens is 294 g/mol. The summed E-state index contributed by atoms with van der Waals surface area (Å²) in [7, 11) is 0. The van der Waals surface area contributed by atoms with Crippen LogP contribution >= 0.6 is 0 Å². The van der Waals surface area contributed by atoms with E-state index in [2.05, 4.69) is 29.1 Å². The first-order chi connectivity index (χ1) is 11.0. The predicted molar refractivity (Wildman–Crippen MR) is 86.0 cm³/mol. The van der Waals surface area contributed by atoms with Gasteiger partial charge in [0.15, 0.2) is 5.65 Å². The summed E-state index contributed by atoms with van der Waals surface area (Å²) in [5.41, 5.74) is 1.93. The number of piperazine rings is 1. The van der Waals surface area contributed by atoms with Gasteiger partial charge in [-0.1, -0.05) is 6.92 Å². The van der Waals surface area contributed by atoms with Crippen LogP contribution in [0.3, 0.4) is 0 Å². The van der Waals surface area contributed by atoms with Gasteiger partial charge in [-0.15, -0.1) is 0 Å². The van der Waals surface area contributed by atoms with Crippen LogP contribution in [0.2, 0.25) is 0 Å². The Balaban J connectivity index is 1.93. The van der Waals surface area contributed by atoms with Crippen LogP contribution in [-0.4, -0.2) is 50.4 Å². The van der Waals surface area contributed by atoms with Crippen molar-refractivity contribution in [2.24, 2.45) is 0 Å². The lowest BCUT2D eigenvalue weighted by Crippen LogP contribution is -2.56. The first-order valence-corrected chi connectivity index (χ1v) is 7.94. The molecule has 3 rings (SSSR count). The molecule has 0 aliphatic carbocycles. The monoisotopic (exact) mass is 315 g/mol. The molecule has 3 heterocycles. The summed E-state index contributed by atoms with van der Waals surface area (Å²) in [5.74, 6) is -0.259. The third kappa shape index (κ3) is 2.67. The smallest absolute Gasteiger partial charge is 0.256 e. The molecular formula is C16H21N5O2. The second-order valence-electron chi connectivity index (χ2n) is 6.03. The van der Waals surface area contributed by atoms with Crippen molar-refractivity contribution in [2.45, 2.75) is 39.3 Å². The number of imidazole rings is 1. The van der Waals surface area contributed by atoms with E-state index in [1.807, 2.05) is 11.5 Å². The highest BCUT2D eigenvalue weighted by Crippen LogP contribution is 2.19. The van der Waals surface area contributed by atoms with Crippen molar-refractivity contribution in [3.63, 3.8) is 0 Å². The Morgan fingerprint density at radius 1 is 1.43 bits per heavy atom. The third-order valence-electron chi connectivity index (χ3n) is 4.19. The molecule has 7 heteroatoms. The number of carbonyl (C=O) groups excluding carboxylic acids is 2. The summed E-state index contributed by atoms with van der Waals surface area (Å²) in [5, 5.41) is 2.80. The standard InChI is InChI=1S/C16H21N5O2/c1-4-13-15(22)17-5-6-20(13)16(23)11-7-12-14(18-8-11)21(9-19-12)10(2)3/h7-10,13H,4-6H2,1-3H3,(H,17,22). The highest BCUT2D eigenvalue weighted by molar-refractivity contribution is 5.99. The second kappa shape index (κ2) is 5.98. The van der Waals surface area contributed by atoms with Crippen LogP contribution in [-0.2, 0) is 4.79 Å². The van der Waals surface area contributed by atoms with Crippen molar-refractivity contribution >= 4 is 23.0 Å². The number of rotatable bonds is 3. The Bertz CT molecular complexity index is 752. The van der Waals surface area contributed by atoms with Gasteiger partial charge in [0.05, 0.1) is 11.9 Å². The fourth-order valence-electron chi connectivity index (χ4n) is 2.94. The molecule has 1 fully saturated rings. The van der Waals surface area contributed by atoms with Crippen LogP contribution < -0.4 is 5.32 Å².